The van der Waals surface area contributed by atoms with Crippen molar-refractivity contribution in [3.8, 4) is 0 Å². The Kier molecular flexibility index (Phi) is 5.31. The third kappa shape index (κ3) is 4.17. The first-order chi connectivity index (χ1) is 9.66. The maximum atomic E-state index is 4.53. The molecule has 0 amide bonds. The fourth-order valence-electron chi connectivity index (χ4n) is 2.49. The molecule has 0 aliphatic heterocycles. The molecule has 2 nitrogen and oxygen atoms in total. The van der Waals surface area contributed by atoms with Crippen molar-refractivity contribution < 1.29 is 0 Å². The average molecular weight is 268 g/mol. The lowest BCUT2D eigenvalue weighted by atomic mass is 9.88. The normalized spacial score (nSPS) is 12.6. The molecule has 0 radical (unpaired) electrons. The summed E-state index contributed by atoms with van der Waals surface area (Å²) in [7, 11) is 0. The second kappa shape index (κ2) is 7.20. The van der Waals surface area contributed by atoms with Gasteiger partial charge in [-0.1, -0.05) is 50.2 Å². The number of hydrogen-bond donors (Lipinski definition) is 1. The number of rotatable bonds is 6. The Bertz CT molecular complexity index is 520. The van der Waals surface area contributed by atoms with Crippen LogP contribution in [0.5, 0.6) is 0 Å². The van der Waals surface area contributed by atoms with Gasteiger partial charge >= 0.3 is 0 Å². The van der Waals surface area contributed by atoms with Crippen molar-refractivity contribution in [2.75, 3.05) is 6.54 Å². The van der Waals surface area contributed by atoms with Crippen LogP contribution in [0.15, 0.2) is 48.5 Å². The Morgan fingerprint density at radius 2 is 1.75 bits per heavy atom. The van der Waals surface area contributed by atoms with Gasteiger partial charge in [-0.05, 0) is 36.5 Å². The first-order valence-corrected chi connectivity index (χ1v) is 7.35. The number of aryl methyl sites for hydroxylation is 1. The average Bonchev–Trinajstić information content (AvgIpc) is 2.44. The zero-order chi connectivity index (χ0) is 14.4. The second-order valence-electron chi connectivity index (χ2n) is 5.66. The van der Waals surface area contributed by atoms with Crippen LogP contribution >= 0.6 is 0 Å². The number of pyridine rings is 1. The molecule has 2 aromatic rings. The Morgan fingerprint density at radius 3 is 2.40 bits per heavy atom. The molecule has 1 atom stereocenters. The first kappa shape index (κ1) is 14.7. The summed E-state index contributed by atoms with van der Waals surface area (Å²) in [5.41, 5.74) is 3.60. The van der Waals surface area contributed by atoms with E-state index in [4.69, 9.17) is 0 Å². The lowest BCUT2D eigenvalue weighted by Gasteiger charge is -2.22. The molecule has 0 saturated heterocycles. The molecular formula is C18H24N2. The summed E-state index contributed by atoms with van der Waals surface area (Å²) in [5, 5.41) is 3.55. The van der Waals surface area contributed by atoms with Crippen LogP contribution < -0.4 is 5.32 Å². The van der Waals surface area contributed by atoms with Crippen LogP contribution in [0.4, 0.5) is 0 Å². The molecule has 106 valence electrons. The molecule has 0 aliphatic carbocycles. The van der Waals surface area contributed by atoms with Gasteiger partial charge < -0.3 is 5.32 Å². The Labute approximate surface area is 122 Å². The molecule has 1 aromatic carbocycles. The van der Waals surface area contributed by atoms with E-state index < -0.39 is 0 Å². The number of hydrogen-bond acceptors (Lipinski definition) is 2. The van der Waals surface area contributed by atoms with Crippen molar-refractivity contribution in [1.29, 1.82) is 0 Å². The van der Waals surface area contributed by atoms with E-state index in [0.29, 0.717) is 11.8 Å². The molecule has 1 aromatic heterocycles. The van der Waals surface area contributed by atoms with Crippen molar-refractivity contribution >= 4 is 0 Å². The Balaban J connectivity index is 1.93. The highest BCUT2D eigenvalue weighted by molar-refractivity contribution is 5.20. The van der Waals surface area contributed by atoms with Gasteiger partial charge in [-0.3, -0.25) is 4.98 Å². The number of benzene rings is 1. The summed E-state index contributed by atoms with van der Waals surface area (Å²) in [4.78, 5) is 4.53. The van der Waals surface area contributed by atoms with Crippen LogP contribution in [0.1, 0.15) is 36.7 Å². The minimum Gasteiger partial charge on any atom is -0.311 e. The predicted octanol–water partition coefficient (Wildman–Crippen LogP) is 3.92. The Hall–Kier alpha value is -1.67. The van der Waals surface area contributed by atoms with Crippen LogP contribution in [0.25, 0.3) is 0 Å². The van der Waals surface area contributed by atoms with E-state index in [1.807, 2.05) is 13.0 Å². The third-order valence-electron chi connectivity index (χ3n) is 3.65. The predicted molar refractivity (Wildman–Crippen MR) is 84.7 cm³/mol. The molecular weight excluding hydrogens is 244 g/mol. The molecule has 2 rings (SSSR count). The standard InChI is InChI=1S/C18H24N2/c1-14(2)18(16-9-5-4-6-10-16)13-19-12-17-11-7-8-15(3)20-17/h4-11,14,18-19H,12-13H2,1-3H3. The maximum Gasteiger partial charge on any atom is 0.0544 e. The summed E-state index contributed by atoms with van der Waals surface area (Å²) >= 11 is 0. The van der Waals surface area contributed by atoms with Gasteiger partial charge in [0.2, 0.25) is 0 Å². The van der Waals surface area contributed by atoms with Crippen molar-refractivity contribution in [2.24, 2.45) is 5.92 Å². The highest BCUT2D eigenvalue weighted by Gasteiger charge is 2.14. The van der Waals surface area contributed by atoms with Gasteiger partial charge in [-0.25, -0.2) is 0 Å². The van der Waals surface area contributed by atoms with Gasteiger partial charge in [0, 0.05) is 18.8 Å². The summed E-state index contributed by atoms with van der Waals surface area (Å²) in [5.74, 6) is 1.16. The van der Waals surface area contributed by atoms with E-state index >= 15 is 0 Å². The zero-order valence-electron chi connectivity index (χ0n) is 12.6. The van der Waals surface area contributed by atoms with E-state index in [0.717, 1.165) is 24.5 Å². The third-order valence-corrected chi connectivity index (χ3v) is 3.65. The van der Waals surface area contributed by atoms with E-state index in [9.17, 15) is 0 Å². The number of nitrogens with zero attached hydrogens (tertiary/aromatic N) is 1. The van der Waals surface area contributed by atoms with Gasteiger partial charge in [0.1, 0.15) is 0 Å². The van der Waals surface area contributed by atoms with Gasteiger partial charge in [0.15, 0.2) is 0 Å². The molecule has 1 heterocycles. The molecule has 0 bridgehead atoms. The Morgan fingerprint density at radius 1 is 1.00 bits per heavy atom. The fourth-order valence-corrected chi connectivity index (χ4v) is 2.49. The molecule has 2 heteroatoms. The molecule has 0 fully saturated rings. The summed E-state index contributed by atoms with van der Waals surface area (Å²) < 4.78 is 0. The lowest BCUT2D eigenvalue weighted by Crippen LogP contribution is -2.24. The lowest BCUT2D eigenvalue weighted by molar-refractivity contribution is 0.460. The minimum absolute atomic E-state index is 0.543. The van der Waals surface area contributed by atoms with Gasteiger partial charge in [0.25, 0.3) is 0 Å². The van der Waals surface area contributed by atoms with Gasteiger partial charge in [-0.15, -0.1) is 0 Å². The van der Waals surface area contributed by atoms with E-state index in [1.165, 1.54) is 5.56 Å². The van der Waals surface area contributed by atoms with Crippen LogP contribution in [-0.4, -0.2) is 11.5 Å². The largest absolute Gasteiger partial charge is 0.311 e. The van der Waals surface area contributed by atoms with Gasteiger partial charge in [0.05, 0.1) is 5.69 Å². The van der Waals surface area contributed by atoms with Crippen molar-refractivity contribution in [1.82, 2.24) is 10.3 Å². The second-order valence-corrected chi connectivity index (χ2v) is 5.66. The molecule has 1 N–H and O–H groups in total. The van der Waals surface area contributed by atoms with Crippen molar-refractivity contribution in [2.45, 2.75) is 33.2 Å². The van der Waals surface area contributed by atoms with Crippen LogP contribution in [0.2, 0.25) is 0 Å². The van der Waals surface area contributed by atoms with E-state index in [2.05, 4.69) is 66.6 Å². The maximum absolute atomic E-state index is 4.53. The number of aromatic nitrogens is 1. The smallest absolute Gasteiger partial charge is 0.0544 e. The summed E-state index contributed by atoms with van der Waals surface area (Å²) in [6.45, 7) is 8.41. The van der Waals surface area contributed by atoms with Crippen molar-refractivity contribution in [3.63, 3.8) is 0 Å². The molecule has 20 heavy (non-hydrogen) atoms. The highest BCUT2D eigenvalue weighted by atomic mass is 14.9. The zero-order valence-corrected chi connectivity index (χ0v) is 12.6. The van der Waals surface area contributed by atoms with Crippen LogP contribution in [0.3, 0.4) is 0 Å². The minimum atomic E-state index is 0.543. The first-order valence-electron chi connectivity index (χ1n) is 7.35. The molecule has 0 spiro atoms. The van der Waals surface area contributed by atoms with Crippen molar-refractivity contribution in [3.05, 3.63) is 65.5 Å². The van der Waals surface area contributed by atoms with Crippen LogP contribution in [-0.2, 0) is 6.54 Å². The summed E-state index contributed by atoms with van der Waals surface area (Å²) in [6.07, 6.45) is 0. The van der Waals surface area contributed by atoms with Gasteiger partial charge in [-0.2, -0.15) is 0 Å². The highest BCUT2D eigenvalue weighted by Crippen LogP contribution is 2.23. The topological polar surface area (TPSA) is 24.9 Å². The number of nitrogens with one attached hydrogen (secondary N) is 1. The summed E-state index contributed by atoms with van der Waals surface area (Å²) in [6, 6.07) is 16.9. The van der Waals surface area contributed by atoms with E-state index in [-0.39, 0.29) is 0 Å². The van der Waals surface area contributed by atoms with E-state index in [1.54, 1.807) is 0 Å². The van der Waals surface area contributed by atoms with Crippen LogP contribution in [0, 0.1) is 12.8 Å². The molecule has 0 saturated carbocycles. The fraction of sp³-hybridized carbons (Fsp3) is 0.389. The monoisotopic (exact) mass is 268 g/mol. The SMILES string of the molecule is Cc1cccc(CNCC(c2ccccc2)C(C)C)n1. The quantitative estimate of drug-likeness (QED) is 0.859. The molecule has 1 unspecified atom stereocenters. The molecule has 0 aliphatic rings.